The summed E-state index contributed by atoms with van der Waals surface area (Å²) < 4.78 is 11.5. The summed E-state index contributed by atoms with van der Waals surface area (Å²) in [5.74, 6) is 0.429. The summed E-state index contributed by atoms with van der Waals surface area (Å²) in [7, 11) is 0. The summed E-state index contributed by atoms with van der Waals surface area (Å²) in [5.41, 5.74) is 8.22. The molecule has 1 aliphatic heterocycles. The van der Waals surface area contributed by atoms with Gasteiger partial charge in [0.1, 0.15) is 24.2 Å². The van der Waals surface area contributed by atoms with Gasteiger partial charge in [-0.25, -0.2) is 0 Å². The lowest BCUT2D eigenvalue weighted by Crippen LogP contribution is -2.61. The van der Waals surface area contributed by atoms with Crippen LogP contribution in [-0.2, 0) is 14.3 Å². The normalized spacial score (nSPS) is 13.7. The van der Waals surface area contributed by atoms with Gasteiger partial charge in [-0.1, -0.05) is 78.0 Å². The van der Waals surface area contributed by atoms with Crippen molar-refractivity contribution in [1.29, 1.82) is 5.41 Å². The molecule has 1 fully saturated rings. The van der Waals surface area contributed by atoms with Crippen LogP contribution in [0, 0.1) is 5.41 Å². The van der Waals surface area contributed by atoms with Crippen LogP contribution in [0.25, 0.3) is 21.8 Å². The molecule has 47 heavy (non-hydrogen) atoms. The summed E-state index contributed by atoms with van der Waals surface area (Å²) in [4.78, 5) is 28.7. The highest BCUT2D eigenvalue weighted by Crippen LogP contribution is 2.33. The van der Waals surface area contributed by atoms with Crippen molar-refractivity contribution in [3.8, 4) is 5.75 Å². The summed E-state index contributed by atoms with van der Waals surface area (Å²) >= 11 is 0. The number of carbonyl (C=O) groups excluding carboxylic acids is 2. The van der Waals surface area contributed by atoms with Gasteiger partial charge in [0.2, 0.25) is 5.91 Å². The maximum atomic E-state index is 12.5. The van der Waals surface area contributed by atoms with E-state index in [1.807, 2.05) is 83.2 Å². The van der Waals surface area contributed by atoms with Gasteiger partial charge >= 0.3 is 0 Å². The molecule has 10 heteroatoms. The number of aliphatic hydroxyl groups is 1. The first-order valence-electron chi connectivity index (χ1n) is 16.6. The first kappa shape index (κ1) is 38.8. The molecule has 6 N–H and O–H groups in total. The van der Waals surface area contributed by atoms with Gasteiger partial charge in [0, 0.05) is 54.1 Å². The second-order valence-corrected chi connectivity index (χ2v) is 10.7. The highest BCUT2D eigenvalue weighted by atomic mass is 16.5. The zero-order chi connectivity index (χ0) is 34.8. The van der Waals surface area contributed by atoms with Gasteiger partial charge in [-0.05, 0) is 48.8 Å². The zero-order valence-electron chi connectivity index (χ0n) is 28.6. The van der Waals surface area contributed by atoms with E-state index in [-0.39, 0.29) is 38.0 Å². The Hall–Kier alpha value is -4.41. The van der Waals surface area contributed by atoms with E-state index in [1.54, 1.807) is 17.1 Å². The van der Waals surface area contributed by atoms with Crippen molar-refractivity contribution in [2.24, 2.45) is 5.73 Å². The van der Waals surface area contributed by atoms with Gasteiger partial charge in [-0.3, -0.25) is 9.59 Å². The molecular formula is C37H53N5O5. The van der Waals surface area contributed by atoms with Crippen LogP contribution in [0.5, 0.6) is 5.75 Å². The fourth-order valence-corrected chi connectivity index (χ4v) is 4.81. The summed E-state index contributed by atoms with van der Waals surface area (Å²) in [6.07, 6.45) is 6.64. The number of fused-ring (bicyclic) bond motifs is 3. The number of aromatic nitrogens is 1. The zero-order valence-corrected chi connectivity index (χ0v) is 28.6. The van der Waals surface area contributed by atoms with E-state index in [0.717, 1.165) is 40.4 Å². The predicted octanol–water partition coefficient (Wildman–Crippen LogP) is 6.01. The van der Waals surface area contributed by atoms with E-state index < -0.39 is 12.0 Å². The van der Waals surface area contributed by atoms with Crippen LogP contribution in [0.4, 0.5) is 0 Å². The number of primary amides is 1. The molecule has 0 bridgehead atoms. The van der Waals surface area contributed by atoms with Gasteiger partial charge in [0.25, 0.3) is 5.91 Å². The maximum absolute atomic E-state index is 12.5. The summed E-state index contributed by atoms with van der Waals surface area (Å²) in [6.45, 7) is 15.3. The van der Waals surface area contributed by atoms with Crippen molar-refractivity contribution in [3.05, 3.63) is 78.6 Å². The third kappa shape index (κ3) is 12.0. The molecule has 1 aromatic heterocycles. The number of likely N-dealkylation sites (tertiary alicyclic amines) is 1. The highest BCUT2D eigenvalue weighted by Gasteiger charge is 2.30. The van der Waals surface area contributed by atoms with Crippen molar-refractivity contribution in [2.75, 3.05) is 32.8 Å². The molecule has 256 valence electrons. The lowest BCUT2D eigenvalue weighted by molar-refractivity contribution is -0.139. The van der Waals surface area contributed by atoms with Crippen molar-refractivity contribution in [3.63, 3.8) is 0 Å². The minimum absolute atomic E-state index is 0.0800. The second-order valence-electron chi connectivity index (χ2n) is 10.7. The number of rotatable bonds is 17. The molecule has 0 aliphatic carbocycles. The monoisotopic (exact) mass is 647 g/mol. The average Bonchev–Trinajstić information content (AvgIpc) is 3.45. The molecule has 2 aromatic carbocycles. The van der Waals surface area contributed by atoms with E-state index in [4.69, 9.17) is 20.6 Å². The average molecular weight is 648 g/mol. The Labute approximate surface area is 279 Å². The first-order chi connectivity index (χ1) is 22.7. The number of benzene rings is 2. The first-order valence-corrected chi connectivity index (χ1v) is 16.6. The molecule has 2 heterocycles. The van der Waals surface area contributed by atoms with Crippen LogP contribution in [0.3, 0.4) is 0 Å². The smallest absolute Gasteiger partial charge is 0.260 e. The molecule has 4 rings (SSSR count). The van der Waals surface area contributed by atoms with E-state index >= 15 is 0 Å². The standard InChI is InChI=1S/C33H41N5O5.2C2H6/c1-3-4-8-23(27(34)15-16-31(35)40)14-13-22(2)42-21-32(41)38-18-24(19-38)36-17-25(39)20-43-30-12-7-11-29-33(30)26-9-5-6-10-28(26)37-29;2*1-2/h5-14,24-25,34,36-37,39H,2-4,15-21H2,1H3,(H2,35,40);2*1-2H3/b14-13-,23-8+,34-27?;;. The van der Waals surface area contributed by atoms with Crippen LogP contribution in [0.1, 0.15) is 60.3 Å². The lowest BCUT2D eigenvalue weighted by atomic mass is 10.0. The molecular weight excluding hydrogens is 594 g/mol. The number of nitrogens with zero attached hydrogens (tertiary/aromatic N) is 1. The number of carbonyl (C=O) groups is 2. The molecule has 1 aliphatic rings. The van der Waals surface area contributed by atoms with E-state index in [0.29, 0.717) is 36.7 Å². The number of ether oxygens (including phenoxy) is 2. The van der Waals surface area contributed by atoms with E-state index in [2.05, 4.69) is 16.9 Å². The van der Waals surface area contributed by atoms with Gasteiger partial charge in [-0.2, -0.15) is 0 Å². The Balaban J connectivity index is 0.00000185. The molecule has 1 saturated heterocycles. The number of allylic oxidation sites excluding steroid dienone is 4. The van der Waals surface area contributed by atoms with Crippen molar-refractivity contribution in [1.82, 2.24) is 15.2 Å². The molecule has 3 aromatic rings. The number of aliphatic hydroxyl groups excluding tert-OH is 1. The van der Waals surface area contributed by atoms with Crippen LogP contribution in [-0.4, -0.2) is 77.5 Å². The number of amides is 2. The van der Waals surface area contributed by atoms with Crippen LogP contribution < -0.4 is 15.8 Å². The molecule has 1 atom stereocenters. The van der Waals surface area contributed by atoms with E-state index in [1.165, 1.54) is 0 Å². The number of nitrogens with one attached hydrogen (secondary N) is 3. The Morgan fingerprint density at radius 2 is 1.81 bits per heavy atom. The van der Waals surface area contributed by atoms with Gasteiger partial charge in [0.15, 0.2) is 6.61 Å². The third-order valence-corrected chi connectivity index (χ3v) is 7.25. The van der Waals surface area contributed by atoms with Crippen molar-refractivity contribution in [2.45, 2.75) is 72.4 Å². The maximum Gasteiger partial charge on any atom is 0.260 e. The molecule has 10 nitrogen and oxygen atoms in total. The number of hydrogen-bond acceptors (Lipinski definition) is 7. The predicted molar refractivity (Wildman–Crippen MR) is 192 cm³/mol. The number of hydrogen-bond donors (Lipinski definition) is 5. The highest BCUT2D eigenvalue weighted by molar-refractivity contribution is 6.10. The number of unbranched alkanes of at least 4 members (excludes halogenated alkanes) is 1. The number of H-pyrrole nitrogens is 1. The summed E-state index contributed by atoms with van der Waals surface area (Å²) in [6, 6.07) is 14.0. The molecule has 0 saturated carbocycles. The number of aromatic amines is 1. The second kappa shape index (κ2) is 20.7. The number of nitrogens with two attached hydrogens (primary N) is 1. The summed E-state index contributed by atoms with van der Waals surface area (Å²) in [5, 5.41) is 24.1. The Morgan fingerprint density at radius 1 is 1.11 bits per heavy atom. The Kier molecular flexibility index (Phi) is 17.0. The van der Waals surface area contributed by atoms with Crippen LogP contribution in [0.15, 0.2) is 78.6 Å². The number of para-hydroxylation sites is 1. The molecule has 0 radical (unpaired) electrons. The van der Waals surface area contributed by atoms with Gasteiger partial charge in [-0.15, -0.1) is 0 Å². The van der Waals surface area contributed by atoms with Crippen molar-refractivity contribution >= 4 is 39.3 Å². The molecule has 0 spiro atoms. The third-order valence-electron chi connectivity index (χ3n) is 7.25. The fourth-order valence-electron chi connectivity index (χ4n) is 4.81. The minimum Gasteiger partial charge on any atom is -0.490 e. The lowest BCUT2D eigenvalue weighted by Gasteiger charge is -2.40. The van der Waals surface area contributed by atoms with E-state index in [9.17, 15) is 14.7 Å². The largest absolute Gasteiger partial charge is 0.490 e. The topological polar surface area (TPSA) is 154 Å². The minimum atomic E-state index is -0.711. The molecule has 1 unspecified atom stereocenters. The quantitative estimate of drug-likeness (QED) is 0.0687. The van der Waals surface area contributed by atoms with Gasteiger partial charge < -0.3 is 40.9 Å². The fraction of sp³-hybridized carbons (Fsp3) is 0.432. The van der Waals surface area contributed by atoms with Gasteiger partial charge in [0.05, 0.1) is 5.52 Å². The Morgan fingerprint density at radius 3 is 2.51 bits per heavy atom. The Bertz CT molecular complexity index is 1520. The van der Waals surface area contributed by atoms with Crippen molar-refractivity contribution < 1.29 is 24.2 Å². The van der Waals surface area contributed by atoms with Crippen LogP contribution >= 0.6 is 0 Å². The SMILES string of the molecule is C=C(/C=C\C(=C/CCC)C(=N)CCC(N)=O)OCC(=O)N1CC(NCC(O)COc2cccc3[nH]c4ccccc4c23)C1.CC.CC. The van der Waals surface area contributed by atoms with Crippen LogP contribution in [0.2, 0.25) is 0 Å². The molecule has 2 amide bonds.